The van der Waals surface area contributed by atoms with Crippen LogP contribution in [0.25, 0.3) is 0 Å². The van der Waals surface area contributed by atoms with Crippen LogP contribution in [0.3, 0.4) is 0 Å². The maximum absolute atomic E-state index is 2.68. The molecular weight excluding hydrogens is 614 g/mol. The Labute approximate surface area is 229 Å². The van der Waals surface area contributed by atoms with Crippen LogP contribution in [-0.2, 0) is 19.3 Å². The summed E-state index contributed by atoms with van der Waals surface area (Å²) in [4.78, 5) is 0. The Hall–Kier alpha value is 0.680. The van der Waals surface area contributed by atoms with Crippen molar-refractivity contribution >= 4 is 45.2 Å². The van der Waals surface area contributed by atoms with Gasteiger partial charge in [-0.15, -0.1) is 0 Å². The van der Waals surface area contributed by atoms with Crippen molar-refractivity contribution in [1.82, 2.24) is 0 Å². The van der Waals surface area contributed by atoms with Crippen LogP contribution in [0.1, 0.15) is 135 Å². The third kappa shape index (κ3) is 13.5. The molecule has 0 atom stereocenters. The van der Waals surface area contributed by atoms with Crippen molar-refractivity contribution in [3.05, 3.63) is 29.9 Å². The highest BCUT2D eigenvalue weighted by Gasteiger charge is 2.15. The van der Waals surface area contributed by atoms with Crippen molar-refractivity contribution in [3.63, 3.8) is 0 Å². The first-order valence-corrected chi connectivity index (χ1v) is 15.9. The summed E-state index contributed by atoms with van der Waals surface area (Å²) in [6.45, 7) is 14.1. The van der Waals surface area contributed by atoms with Gasteiger partial charge in [0.05, 0.1) is 0 Å². The summed E-state index contributed by atoms with van der Waals surface area (Å²) in [7, 11) is 0. The summed E-state index contributed by atoms with van der Waals surface area (Å²) >= 11 is 5.36. The first-order valence-electron chi connectivity index (χ1n) is 13.7. The van der Waals surface area contributed by atoms with Crippen LogP contribution >= 0.6 is 45.2 Å². The molecule has 2 heteroatoms. The normalized spacial score (nSPS) is 12.0. The molecule has 186 valence electrons. The lowest BCUT2D eigenvalue weighted by atomic mass is 9.94. The summed E-state index contributed by atoms with van der Waals surface area (Å²) in [5, 5.41) is 0. The Morgan fingerprint density at radius 2 is 0.844 bits per heavy atom. The van der Waals surface area contributed by atoms with Crippen LogP contribution in [0.4, 0.5) is 0 Å². The van der Waals surface area contributed by atoms with Gasteiger partial charge in [-0.2, -0.15) is 0 Å². The molecule has 0 radical (unpaired) electrons. The molecule has 0 aromatic heterocycles. The Morgan fingerprint density at radius 1 is 0.500 bits per heavy atom. The molecular formula is C30H52I2. The van der Waals surface area contributed by atoms with Crippen molar-refractivity contribution in [2.75, 3.05) is 0 Å². The third-order valence-electron chi connectivity index (χ3n) is 6.61. The second-order valence-electron chi connectivity index (χ2n) is 11.3. The van der Waals surface area contributed by atoms with E-state index >= 15 is 0 Å². The summed E-state index contributed by atoms with van der Waals surface area (Å²) in [6, 6.07) is 2.59. The molecule has 0 aliphatic rings. The van der Waals surface area contributed by atoms with Gasteiger partial charge in [0, 0.05) is 7.14 Å². The molecule has 0 N–H and O–H groups in total. The van der Waals surface area contributed by atoms with Crippen LogP contribution in [-0.4, -0.2) is 0 Å². The van der Waals surface area contributed by atoms with E-state index < -0.39 is 0 Å². The number of benzene rings is 1. The maximum atomic E-state index is 2.68. The first-order chi connectivity index (χ1) is 15.2. The van der Waals surface area contributed by atoms with Crippen molar-refractivity contribution in [2.45, 2.75) is 138 Å². The molecule has 0 nitrogen and oxygen atoms in total. The van der Waals surface area contributed by atoms with Crippen LogP contribution in [0.15, 0.2) is 6.07 Å². The predicted molar refractivity (Wildman–Crippen MR) is 163 cm³/mol. The third-order valence-corrected chi connectivity index (χ3v) is 9.29. The lowest BCUT2D eigenvalue weighted by Crippen LogP contribution is -2.05. The van der Waals surface area contributed by atoms with E-state index in [1.165, 1.54) is 96.3 Å². The topological polar surface area (TPSA) is 0 Å². The van der Waals surface area contributed by atoms with Gasteiger partial charge in [0.2, 0.25) is 0 Å². The molecule has 0 spiro atoms. The van der Waals surface area contributed by atoms with E-state index in [0.717, 1.165) is 17.8 Å². The highest BCUT2D eigenvalue weighted by Crippen LogP contribution is 2.31. The first kappa shape index (κ1) is 30.7. The molecule has 0 fully saturated rings. The summed E-state index contributed by atoms with van der Waals surface area (Å²) in [6.07, 6.45) is 20.3. The molecule has 0 unspecified atom stereocenters. The minimum Gasteiger partial charge on any atom is -0.0628 e. The number of unbranched alkanes of at least 4 members (excludes halogenated alkanes) is 6. The SMILES string of the molecule is CC(C)CCCCCc1cc(CCCCCC(C)C)c(I)c(CCCCCC(C)C)c1I. The molecule has 0 heterocycles. The second kappa shape index (κ2) is 18.0. The molecule has 0 bridgehead atoms. The van der Waals surface area contributed by atoms with Gasteiger partial charge in [-0.05, 0) is 118 Å². The fourth-order valence-electron chi connectivity index (χ4n) is 4.53. The van der Waals surface area contributed by atoms with Gasteiger partial charge in [0.15, 0.2) is 0 Å². The standard InChI is InChI=1S/C30H52I2/c1-23(2)16-10-7-13-19-26-22-27(20-14-8-11-17-24(3)4)30(32)28(29(26)31)21-15-9-12-18-25(5)6/h22-25H,7-21H2,1-6H3. The molecule has 0 amide bonds. The van der Waals surface area contributed by atoms with E-state index in [4.69, 9.17) is 0 Å². The van der Waals surface area contributed by atoms with Gasteiger partial charge in [0.25, 0.3) is 0 Å². The molecule has 0 aliphatic heterocycles. The minimum absolute atomic E-state index is 0.844. The van der Waals surface area contributed by atoms with E-state index in [2.05, 4.69) is 92.8 Å². The van der Waals surface area contributed by atoms with Crippen molar-refractivity contribution in [1.29, 1.82) is 0 Å². The number of rotatable bonds is 18. The van der Waals surface area contributed by atoms with Gasteiger partial charge < -0.3 is 0 Å². The highest BCUT2D eigenvalue weighted by atomic mass is 127. The molecule has 0 saturated heterocycles. The monoisotopic (exact) mass is 666 g/mol. The Bertz CT molecular complexity index is 573. The van der Waals surface area contributed by atoms with Gasteiger partial charge in [-0.3, -0.25) is 0 Å². The Kier molecular flexibility index (Phi) is 17.3. The molecule has 1 aromatic carbocycles. The molecule has 32 heavy (non-hydrogen) atoms. The predicted octanol–water partition coefficient (Wildman–Crippen LogP) is 11.2. The van der Waals surface area contributed by atoms with Crippen LogP contribution in [0.2, 0.25) is 0 Å². The van der Waals surface area contributed by atoms with Gasteiger partial charge in [0.1, 0.15) is 0 Å². The van der Waals surface area contributed by atoms with Crippen LogP contribution < -0.4 is 0 Å². The zero-order valence-corrected chi connectivity index (χ0v) is 26.5. The van der Waals surface area contributed by atoms with E-state index in [0.29, 0.717) is 0 Å². The molecule has 1 rings (SSSR count). The number of hydrogen-bond donors (Lipinski definition) is 0. The van der Waals surface area contributed by atoms with Gasteiger partial charge >= 0.3 is 0 Å². The number of aryl methyl sites for hydroxylation is 2. The van der Waals surface area contributed by atoms with Crippen molar-refractivity contribution in [3.8, 4) is 0 Å². The second-order valence-corrected chi connectivity index (χ2v) is 13.4. The summed E-state index contributed by atoms with van der Waals surface area (Å²) in [5.74, 6) is 2.53. The summed E-state index contributed by atoms with van der Waals surface area (Å²) < 4.78 is 3.17. The van der Waals surface area contributed by atoms with Crippen molar-refractivity contribution < 1.29 is 0 Å². The average molecular weight is 667 g/mol. The largest absolute Gasteiger partial charge is 0.0628 e. The quantitative estimate of drug-likeness (QED) is 0.108. The Balaban J connectivity index is 2.78. The zero-order valence-electron chi connectivity index (χ0n) is 22.2. The lowest BCUT2D eigenvalue weighted by Gasteiger charge is -2.18. The minimum atomic E-state index is 0.844. The maximum Gasteiger partial charge on any atom is 0.0205 e. The fraction of sp³-hybridized carbons (Fsp3) is 0.800. The van der Waals surface area contributed by atoms with E-state index in [1.807, 2.05) is 0 Å². The van der Waals surface area contributed by atoms with Gasteiger partial charge in [-0.25, -0.2) is 0 Å². The lowest BCUT2D eigenvalue weighted by molar-refractivity contribution is 0.524. The molecule has 0 saturated carbocycles. The number of halogens is 2. The van der Waals surface area contributed by atoms with Crippen LogP contribution in [0, 0.1) is 24.9 Å². The Morgan fingerprint density at radius 3 is 1.19 bits per heavy atom. The van der Waals surface area contributed by atoms with Gasteiger partial charge in [-0.1, -0.05) is 105 Å². The highest BCUT2D eigenvalue weighted by molar-refractivity contribution is 14.1. The number of hydrogen-bond acceptors (Lipinski definition) is 0. The molecule has 1 aromatic rings. The average Bonchev–Trinajstić information content (AvgIpc) is 2.71. The van der Waals surface area contributed by atoms with Crippen molar-refractivity contribution in [2.24, 2.45) is 17.8 Å². The van der Waals surface area contributed by atoms with Crippen LogP contribution in [0.5, 0.6) is 0 Å². The van der Waals surface area contributed by atoms with E-state index in [9.17, 15) is 0 Å². The zero-order chi connectivity index (χ0) is 23.9. The van der Waals surface area contributed by atoms with E-state index in [1.54, 1.807) is 23.8 Å². The molecule has 0 aliphatic carbocycles. The smallest absolute Gasteiger partial charge is 0.0205 e. The van der Waals surface area contributed by atoms with E-state index in [-0.39, 0.29) is 0 Å². The fourth-order valence-corrected chi connectivity index (χ4v) is 6.97. The summed E-state index contributed by atoms with van der Waals surface area (Å²) in [5.41, 5.74) is 4.96.